The summed E-state index contributed by atoms with van der Waals surface area (Å²) in [6.45, 7) is -0.0232. The average molecular weight is 303 g/mol. The number of halogens is 2. The first-order valence-electron chi connectivity index (χ1n) is 5.94. The van der Waals surface area contributed by atoms with Gasteiger partial charge in [0, 0.05) is 17.1 Å². The first kappa shape index (κ1) is 16.4. The number of carbonyl (C=O) groups is 2. The molecule has 0 saturated heterocycles. The third-order valence-corrected chi connectivity index (χ3v) is 3.01. The van der Waals surface area contributed by atoms with Crippen molar-refractivity contribution in [3.05, 3.63) is 34.6 Å². The zero-order valence-corrected chi connectivity index (χ0v) is 11.9. The van der Waals surface area contributed by atoms with Gasteiger partial charge in [0.05, 0.1) is 6.42 Å². The number of amides is 1. The minimum Gasteiger partial charge on any atom is -0.481 e. The van der Waals surface area contributed by atoms with Crippen molar-refractivity contribution in [1.29, 1.82) is 0 Å². The maximum atomic E-state index is 13.9. The van der Waals surface area contributed by atoms with Gasteiger partial charge in [-0.1, -0.05) is 17.7 Å². The lowest BCUT2D eigenvalue weighted by atomic mass is 10.0. The first-order valence-corrected chi connectivity index (χ1v) is 6.32. The van der Waals surface area contributed by atoms with Gasteiger partial charge in [0.25, 0.3) is 0 Å². The molecular weight excluding hydrogens is 287 g/mol. The molecule has 1 aromatic rings. The molecule has 0 aliphatic carbocycles. The highest BCUT2D eigenvalue weighted by molar-refractivity contribution is 6.31. The Morgan fingerprint density at radius 3 is 2.60 bits per heavy atom. The van der Waals surface area contributed by atoms with E-state index >= 15 is 0 Å². The predicted octanol–water partition coefficient (Wildman–Crippen LogP) is 1.67. The van der Waals surface area contributed by atoms with Gasteiger partial charge < -0.3 is 10.4 Å². The number of carboxylic acid groups (broad SMARTS) is 1. The van der Waals surface area contributed by atoms with Crippen molar-refractivity contribution in [3.63, 3.8) is 0 Å². The lowest BCUT2D eigenvalue weighted by Gasteiger charge is -2.25. The maximum absolute atomic E-state index is 13.9. The van der Waals surface area contributed by atoms with Gasteiger partial charge in [-0.2, -0.15) is 0 Å². The van der Waals surface area contributed by atoms with E-state index in [1.165, 1.54) is 23.1 Å². The highest BCUT2D eigenvalue weighted by atomic mass is 35.5. The second-order valence-corrected chi connectivity index (χ2v) is 4.84. The molecule has 7 heteroatoms. The van der Waals surface area contributed by atoms with Crippen LogP contribution in [-0.4, -0.2) is 42.5 Å². The molecule has 0 aliphatic rings. The van der Waals surface area contributed by atoms with Gasteiger partial charge in [-0.05, 0) is 26.2 Å². The summed E-state index contributed by atoms with van der Waals surface area (Å²) in [5.74, 6) is -2.09. The van der Waals surface area contributed by atoms with E-state index in [0.717, 1.165) is 0 Å². The first-order chi connectivity index (χ1) is 9.34. The van der Waals surface area contributed by atoms with Crippen LogP contribution in [0.2, 0.25) is 5.02 Å². The normalized spacial score (nSPS) is 12.2. The Balaban J connectivity index is 2.94. The van der Waals surface area contributed by atoms with Crippen molar-refractivity contribution < 1.29 is 19.1 Å². The molecule has 0 fully saturated rings. The Bertz CT molecular complexity index is 488. The number of likely N-dealkylation sites (N-methyl/N-ethyl adjacent to an activating group) is 1. The van der Waals surface area contributed by atoms with Crippen molar-refractivity contribution in [2.24, 2.45) is 0 Å². The fraction of sp³-hybridized carbons (Fsp3) is 0.385. The molecule has 0 saturated carbocycles. The molecule has 1 amide bonds. The molecule has 0 aliphatic heterocycles. The average Bonchev–Trinajstić information content (AvgIpc) is 2.32. The van der Waals surface area contributed by atoms with Crippen molar-refractivity contribution in [2.75, 3.05) is 20.6 Å². The van der Waals surface area contributed by atoms with E-state index in [0.29, 0.717) is 0 Å². The monoisotopic (exact) mass is 302 g/mol. The summed E-state index contributed by atoms with van der Waals surface area (Å²) in [6, 6.07) is 3.26. The largest absolute Gasteiger partial charge is 0.481 e. The molecule has 0 heterocycles. The van der Waals surface area contributed by atoms with Gasteiger partial charge in [-0.15, -0.1) is 0 Å². The van der Waals surface area contributed by atoms with Crippen molar-refractivity contribution in [2.45, 2.75) is 12.5 Å². The fourth-order valence-electron chi connectivity index (χ4n) is 1.79. The fourth-order valence-corrected chi connectivity index (χ4v) is 2.05. The van der Waals surface area contributed by atoms with Crippen molar-refractivity contribution in [3.8, 4) is 0 Å². The number of hydrogen-bond donors (Lipinski definition) is 2. The minimum atomic E-state index is -1.02. The van der Waals surface area contributed by atoms with Crippen molar-refractivity contribution in [1.82, 2.24) is 10.2 Å². The van der Waals surface area contributed by atoms with Gasteiger partial charge in [0.1, 0.15) is 11.9 Å². The van der Waals surface area contributed by atoms with Crippen LogP contribution in [-0.2, 0) is 9.59 Å². The van der Waals surface area contributed by atoms with Gasteiger partial charge in [-0.25, -0.2) is 4.39 Å². The predicted molar refractivity (Wildman–Crippen MR) is 73.1 cm³/mol. The Morgan fingerprint density at radius 2 is 2.10 bits per heavy atom. The van der Waals surface area contributed by atoms with Crippen LogP contribution in [0.4, 0.5) is 4.39 Å². The Kier molecular flexibility index (Phi) is 5.91. The quantitative estimate of drug-likeness (QED) is 0.839. The topological polar surface area (TPSA) is 69.6 Å². The van der Waals surface area contributed by atoms with E-state index in [4.69, 9.17) is 16.7 Å². The Hall–Kier alpha value is -1.66. The molecule has 1 rings (SSSR count). The lowest BCUT2D eigenvalue weighted by molar-refractivity contribution is -0.137. The summed E-state index contributed by atoms with van der Waals surface area (Å²) >= 11 is 5.96. The molecule has 1 aromatic carbocycles. The number of rotatable bonds is 6. The molecule has 0 radical (unpaired) electrons. The Morgan fingerprint density at radius 1 is 1.45 bits per heavy atom. The molecular formula is C13H16ClFN2O3. The van der Waals surface area contributed by atoms with E-state index in [9.17, 15) is 14.0 Å². The number of carbonyl (C=O) groups excluding carboxylic acids is 1. The maximum Gasteiger partial charge on any atom is 0.305 e. The van der Waals surface area contributed by atoms with Crippen LogP contribution in [0.25, 0.3) is 0 Å². The number of nitrogens with zero attached hydrogens (tertiary/aromatic N) is 1. The molecule has 2 N–H and O–H groups in total. The van der Waals surface area contributed by atoms with E-state index in [1.807, 2.05) is 0 Å². The highest BCUT2D eigenvalue weighted by Gasteiger charge is 2.27. The number of aliphatic carboxylic acids is 1. The van der Waals surface area contributed by atoms with Crippen molar-refractivity contribution >= 4 is 23.5 Å². The van der Waals surface area contributed by atoms with Gasteiger partial charge in [0.15, 0.2) is 0 Å². The van der Waals surface area contributed by atoms with E-state index in [-0.39, 0.29) is 23.6 Å². The number of hydrogen-bond acceptors (Lipinski definition) is 3. The zero-order chi connectivity index (χ0) is 15.3. The molecule has 0 spiro atoms. The summed E-state index contributed by atoms with van der Waals surface area (Å²) in [5.41, 5.74) is 0.0759. The van der Waals surface area contributed by atoms with Crippen LogP contribution in [0.5, 0.6) is 0 Å². The zero-order valence-electron chi connectivity index (χ0n) is 11.2. The van der Waals surface area contributed by atoms with Gasteiger partial charge >= 0.3 is 5.97 Å². The second-order valence-electron chi connectivity index (χ2n) is 4.44. The van der Waals surface area contributed by atoms with Crippen LogP contribution in [0.3, 0.4) is 0 Å². The second kappa shape index (κ2) is 7.21. The van der Waals surface area contributed by atoms with Gasteiger partial charge in [0.2, 0.25) is 5.91 Å². The molecule has 5 nitrogen and oxygen atoms in total. The third kappa shape index (κ3) is 4.18. The van der Waals surface area contributed by atoms with E-state index in [1.54, 1.807) is 14.1 Å². The molecule has 0 aromatic heterocycles. The van der Waals surface area contributed by atoms with Crippen LogP contribution in [0.1, 0.15) is 18.0 Å². The lowest BCUT2D eigenvalue weighted by Crippen LogP contribution is -2.38. The number of nitrogens with one attached hydrogen (secondary N) is 1. The summed E-state index contributed by atoms with van der Waals surface area (Å²) < 4.78 is 13.9. The Labute approximate surface area is 121 Å². The smallest absolute Gasteiger partial charge is 0.305 e. The van der Waals surface area contributed by atoms with E-state index < -0.39 is 23.7 Å². The van der Waals surface area contributed by atoms with Crippen LogP contribution < -0.4 is 5.32 Å². The third-order valence-electron chi connectivity index (χ3n) is 2.68. The molecule has 20 heavy (non-hydrogen) atoms. The van der Waals surface area contributed by atoms with Crippen LogP contribution >= 0.6 is 11.6 Å². The van der Waals surface area contributed by atoms with Crippen LogP contribution in [0, 0.1) is 5.82 Å². The summed E-state index contributed by atoms with van der Waals surface area (Å²) in [5, 5.41) is 11.1. The molecule has 0 bridgehead atoms. The van der Waals surface area contributed by atoms with E-state index in [2.05, 4.69) is 5.32 Å². The summed E-state index contributed by atoms with van der Waals surface area (Å²) in [7, 11) is 3.23. The molecule has 1 atom stereocenters. The number of carboxylic acids is 1. The molecule has 110 valence electrons. The SMILES string of the molecule is CN(C)C(C(=O)NCCC(=O)O)c1c(F)cccc1Cl. The standard InChI is InChI=1S/C13H16ClFN2O3/c1-17(2)12(13(20)16-7-6-10(18)19)11-8(14)4-3-5-9(11)15/h3-5,12H,6-7H2,1-2H3,(H,16,20)(H,18,19). The minimum absolute atomic E-state index is 0.0232. The molecule has 1 unspecified atom stereocenters. The summed E-state index contributed by atoms with van der Waals surface area (Å²) in [4.78, 5) is 24.0. The number of benzene rings is 1. The highest BCUT2D eigenvalue weighted by Crippen LogP contribution is 2.28. The summed E-state index contributed by atoms with van der Waals surface area (Å²) in [6.07, 6.45) is -0.198. The van der Waals surface area contributed by atoms with Crippen LogP contribution in [0.15, 0.2) is 18.2 Å². The van der Waals surface area contributed by atoms with Gasteiger partial charge in [-0.3, -0.25) is 14.5 Å².